The molecule has 1 aromatic rings. The fourth-order valence-electron chi connectivity index (χ4n) is 3.27. The van der Waals surface area contributed by atoms with Crippen molar-refractivity contribution >= 4 is 0 Å². The molecule has 1 aromatic carbocycles. The molecule has 0 aromatic heterocycles. The lowest BCUT2D eigenvalue weighted by molar-refractivity contribution is 0.293. The Kier molecular flexibility index (Phi) is 6.68. The summed E-state index contributed by atoms with van der Waals surface area (Å²) in [5.74, 6) is 0. The van der Waals surface area contributed by atoms with Crippen LogP contribution >= 0.6 is 0 Å². The van der Waals surface area contributed by atoms with Gasteiger partial charge in [0.2, 0.25) is 0 Å². The van der Waals surface area contributed by atoms with Gasteiger partial charge in [-0.25, -0.2) is 0 Å². The number of likely N-dealkylation sites (N-methyl/N-ethyl adjacent to an activating group) is 1. The Morgan fingerprint density at radius 1 is 1.24 bits per heavy atom. The fourth-order valence-corrected chi connectivity index (χ4v) is 3.27. The zero-order valence-corrected chi connectivity index (χ0v) is 13.8. The van der Waals surface area contributed by atoms with Crippen LogP contribution in [0.5, 0.6) is 0 Å². The first-order chi connectivity index (χ1) is 10.1. The highest BCUT2D eigenvalue weighted by atomic mass is 15.1. The van der Waals surface area contributed by atoms with Crippen LogP contribution in [-0.4, -0.2) is 44.2 Å². The maximum absolute atomic E-state index is 3.83. The van der Waals surface area contributed by atoms with Gasteiger partial charge in [0.1, 0.15) is 0 Å². The highest BCUT2D eigenvalue weighted by Crippen LogP contribution is 2.17. The van der Waals surface area contributed by atoms with Crippen LogP contribution in [0, 0.1) is 0 Å². The largest absolute Gasteiger partial charge is 0.314 e. The van der Waals surface area contributed by atoms with Crippen LogP contribution in [-0.2, 0) is 0 Å². The molecule has 3 unspecified atom stereocenters. The van der Waals surface area contributed by atoms with Gasteiger partial charge in [-0.2, -0.15) is 0 Å². The van der Waals surface area contributed by atoms with Crippen LogP contribution in [0.1, 0.15) is 44.2 Å². The van der Waals surface area contributed by atoms with Crippen molar-refractivity contribution in [3.05, 3.63) is 35.9 Å². The van der Waals surface area contributed by atoms with Crippen molar-refractivity contribution < 1.29 is 0 Å². The molecule has 3 atom stereocenters. The summed E-state index contributed by atoms with van der Waals surface area (Å²) in [5, 5.41) is 7.48. The molecule has 1 fully saturated rings. The molecule has 0 amide bonds. The van der Waals surface area contributed by atoms with Crippen molar-refractivity contribution in [2.75, 3.05) is 27.2 Å². The number of hydrogen-bond donors (Lipinski definition) is 2. The molecule has 1 saturated heterocycles. The molecule has 3 nitrogen and oxygen atoms in total. The van der Waals surface area contributed by atoms with Crippen molar-refractivity contribution in [3.63, 3.8) is 0 Å². The number of nitrogens with one attached hydrogen (secondary N) is 2. The maximum Gasteiger partial charge on any atom is 0.0451 e. The smallest absolute Gasteiger partial charge is 0.0451 e. The Hall–Kier alpha value is -0.900. The van der Waals surface area contributed by atoms with Crippen LogP contribution in [0.3, 0.4) is 0 Å². The second-order valence-corrected chi connectivity index (χ2v) is 6.68. The molecule has 0 bridgehead atoms. The average molecular weight is 289 g/mol. The summed E-state index contributed by atoms with van der Waals surface area (Å²) in [5.41, 5.74) is 1.38. The molecule has 3 heteroatoms. The van der Waals surface area contributed by atoms with Crippen LogP contribution in [0.4, 0.5) is 0 Å². The molecule has 2 N–H and O–H groups in total. The zero-order valence-electron chi connectivity index (χ0n) is 13.8. The van der Waals surface area contributed by atoms with Crippen molar-refractivity contribution in [1.29, 1.82) is 0 Å². The molecular formula is C18H31N3. The van der Waals surface area contributed by atoms with Crippen LogP contribution < -0.4 is 10.6 Å². The fraction of sp³-hybridized carbons (Fsp3) is 0.667. The Morgan fingerprint density at radius 2 is 2.00 bits per heavy atom. The van der Waals surface area contributed by atoms with E-state index in [4.69, 9.17) is 0 Å². The van der Waals surface area contributed by atoms with E-state index in [2.05, 4.69) is 66.9 Å². The number of nitrogens with zero attached hydrogens (tertiary/aromatic N) is 1. The molecule has 0 spiro atoms. The van der Waals surface area contributed by atoms with E-state index in [9.17, 15) is 0 Å². The summed E-state index contributed by atoms with van der Waals surface area (Å²) >= 11 is 0. The monoisotopic (exact) mass is 289 g/mol. The third-order valence-corrected chi connectivity index (χ3v) is 4.29. The Labute approximate surface area is 130 Å². The first-order valence-electron chi connectivity index (χ1n) is 8.34. The van der Waals surface area contributed by atoms with E-state index < -0.39 is 0 Å². The van der Waals surface area contributed by atoms with Gasteiger partial charge in [0.05, 0.1) is 0 Å². The minimum Gasteiger partial charge on any atom is -0.314 e. The molecule has 0 radical (unpaired) electrons. The molecule has 118 valence electrons. The van der Waals surface area contributed by atoms with E-state index in [-0.39, 0.29) is 0 Å². The average Bonchev–Trinajstić information content (AvgIpc) is 2.48. The number of rotatable bonds is 7. The summed E-state index contributed by atoms with van der Waals surface area (Å²) in [6.45, 7) is 4.55. The van der Waals surface area contributed by atoms with Gasteiger partial charge in [-0.15, -0.1) is 0 Å². The predicted octanol–water partition coefficient (Wildman–Crippen LogP) is 2.80. The first kappa shape index (κ1) is 16.5. The summed E-state index contributed by atoms with van der Waals surface area (Å²) in [6.07, 6.45) is 5.27. The first-order valence-corrected chi connectivity index (χ1v) is 8.34. The standard InChI is InChI=1S/C18H31N3/c1-15(13-17-11-7-8-12-19-17)20-18(14-21(2)3)16-9-5-4-6-10-16/h4-6,9-10,15,17-20H,7-8,11-14H2,1-3H3. The minimum atomic E-state index is 0.403. The molecule has 1 heterocycles. The number of hydrogen-bond acceptors (Lipinski definition) is 3. The van der Waals surface area contributed by atoms with Gasteiger partial charge in [-0.3, -0.25) is 0 Å². The normalized spacial score (nSPS) is 22.2. The van der Waals surface area contributed by atoms with Crippen molar-refractivity contribution in [2.45, 2.75) is 50.7 Å². The highest BCUT2D eigenvalue weighted by molar-refractivity contribution is 5.19. The lowest BCUT2D eigenvalue weighted by atomic mass is 9.97. The van der Waals surface area contributed by atoms with Gasteiger partial charge >= 0.3 is 0 Å². The van der Waals surface area contributed by atoms with Crippen LogP contribution in [0.15, 0.2) is 30.3 Å². The number of benzene rings is 1. The second-order valence-electron chi connectivity index (χ2n) is 6.68. The molecule has 2 rings (SSSR count). The topological polar surface area (TPSA) is 27.3 Å². The van der Waals surface area contributed by atoms with E-state index in [1.165, 1.54) is 37.8 Å². The third-order valence-electron chi connectivity index (χ3n) is 4.29. The number of piperidine rings is 1. The molecule has 1 aliphatic heterocycles. The van der Waals surface area contributed by atoms with E-state index in [1.54, 1.807) is 0 Å². The van der Waals surface area contributed by atoms with Gasteiger partial charge in [-0.05, 0) is 52.4 Å². The van der Waals surface area contributed by atoms with E-state index in [1.807, 2.05) is 0 Å². The van der Waals surface area contributed by atoms with E-state index in [0.29, 0.717) is 18.1 Å². The van der Waals surface area contributed by atoms with Crippen molar-refractivity contribution in [3.8, 4) is 0 Å². The second kappa shape index (κ2) is 8.52. The molecular weight excluding hydrogens is 258 g/mol. The molecule has 0 saturated carbocycles. The van der Waals surface area contributed by atoms with Crippen LogP contribution in [0.2, 0.25) is 0 Å². The summed E-state index contributed by atoms with van der Waals surface area (Å²) < 4.78 is 0. The molecule has 21 heavy (non-hydrogen) atoms. The minimum absolute atomic E-state index is 0.403. The van der Waals surface area contributed by atoms with Gasteiger partial charge in [0.25, 0.3) is 0 Å². The SMILES string of the molecule is CC(CC1CCCCN1)NC(CN(C)C)c1ccccc1. The van der Waals surface area contributed by atoms with E-state index in [0.717, 1.165) is 6.54 Å². The van der Waals surface area contributed by atoms with Gasteiger partial charge in [-0.1, -0.05) is 36.8 Å². The zero-order chi connectivity index (χ0) is 15.1. The van der Waals surface area contributed by atoms with Crippen LogP contribution in [0.25, 0.3) is 0 Å². The van der Waals surface area contributed by atoms with Gasteiger partial charge in [0.15, 0.2) is 0 Å². The lowest BCUT2D eigenvalue weighted by Crippen LogP contribution is -2.42. The summed E-state index contributed by atoms with van der Waals surface area (Å²) in [6, 6.07) is 12.4. The van der Waals surface area contributed by atoms with E-state index >= 15 is 0 Å². The van der Waals surface area contributed by atoms with Crippen molar-refractivity contribution in [2.24, 2.45) is 0 Å². The Bertz CT molecular complexity index is 385. The molecule has 1 aliphatic rings. The highest BCUT2D eigenvalue weighted by Gasteiger charge is 2.19. The predicted molar refractivity (Wildman–Crippen MR) is 90.6 cm³/mol. The quantitative estimate of drug-likeness (QED) is 0.808. The molecule has 0 aliphatic carbocycles. The Balaban J connectivity index is 1.91. The Morgan fingerprint density at radius 3 is 2.62 bits per heavy atom. The van der Waals surface area contributed by atoms with Crippen molar-refractivity contribution in [1.82, 2.24) is 15.5 Å². The third kappa shape index (κ3) is 5.77. The van der Waals surface area contributed by atoms with Gasteiger partial charge in [0, 0.05) is 24.7 Å². The summed E-state index contributed by atoms with van der Waals surface area (Å²) in [7, 11) is 4.29. The lowest BCUT2D eigenvalue weighted by Gasteiger charge is -2.30. The summed E-state index contributed by atoms with van der Waals surface area (Å²) in [4.78, 5) is 2.26. The van der Waals surface area contributed by atoms with Gasteiger partial charge < -0.3 is 15.5 Å². The maximum atomic E-state index is 3.83.